The van der Waals surface area contributed by atoms with E-state index < -0.39 is 0 Å². The van der Waals surface area contributed by atoms with E-state index in [4.69, 9.17) is 9.47 Å². The molecule has 2 N–H and O–H groups in total. The summed E-state index contributed by atoms with van der Waals surface area (Å²) in [5.41, 5.74) is 2.14. The molecule has 1 unspecified atom stereocenters. The van der Waals surface area contributed by atoms with Crippen molar-refractivity contribution in [2.24, 2.45) is 0 Å². The molecule has 2 aromatic rings. The lowest BCUT2D eigenvalue weighted by atomic mass is 10.0. The van der Waals surface area contributed by atoms with Gasteiger partial charge < -0.3 is 19.9 Å². The first-order valence-corrected chi connectivity index (χ1v) is 7.89. The maximum atomic E-state index is 9.70. The molecule has 0 heterocycles. The van der Waals surface area contributed by atoms with Gasteiger partial charge >= 0.3 is 0 Å². The maximum absolute atomic E-state index is 9.70. The van der Waals surface area contributed by atoms with Gasteiger partial charge in [-0.1, -0.05) is 25.1 Å². The topological polar surface area (TPSA) is 50.7 Å². The van der Waals surface area contributed by atoms with Crippen LogP contribution in [0.25, 0.3) is 0 Å². The number of ether oxygens (including phenoxy) is 2. The largest absolute Gasteiger partial charge is 0.508 e. The van der Waals surface area contributed by atoms with Gasteiger partial charge in [-0.3, -0.25) is 0 Å². The third-order valence-corrected chi connectivity index (χ3v) is 4.00. The molecule has 0 aliphatic carbocycles. The Labute approximate surface area is 138 Å². The van der Waals surface area contributed by atoms with Gasteiger partial charge in [0, 0.05) is 18.2 Å². The highest BCUT2D eigenvalue weighted by atomic mass is 16.5. The molecule has 0 aliphatic heterocycles. The highest BCUT2D eigenvalue weighted by molar-refractivity contribution is 5.40. The number of phenolic OH excluding ortho intramolecular Hbond substituents is 1. The van der Waals surface area contributed by atoms with Gasteiger partial charge in [-0.15, -0.1) is 0 Å². The molecule has 0 radical (unpaired) electrons. The predicted octanol–water partition coefficient (Wildman–Crippen LogP) is 3.52. The fourth-order valence-corrected chi connectivity index (χ4v) is 2.65. The smallest absolute Gasteiger partial charge is 0.123 e. The Morgan fingerprint density at radius 1 is 1.00 bits per heavy atom. The summed E-state index contributed by atoms with van der Waals surface area (Å²) >= 11 is 0. The predicted molar refractivity (Wildman–Crippen MR) is 92.3 cm³/mol. The first-order chi connectivity index (χ1) is 11.2. The molecule has 2 aromatic carbocycles. The number of rotatable bonds is 8. The number of methoxy groups -OCH3 is 2. The van der Waals surface area contributed by atoms with Crippen LogP contribution in [0.5, 0.6) is 17.2 Å². The highest BCUT2D eigenvalue weighted by Crippen LogP contribution is 2.25. The van der Waals surface area contributed by atoms with Crippen LogP contribution in [-0.2, 0) is 13.0 Å². The van der Waals surface area contributed by atoms with E-state index >= 15 is 0 Å². The van der Waals surface area contributed by atoms with Gasteiger partial charge in [-0.25, -0.2) is 0 Å². The molecule has 0 aromatic heterocycles. The van der Waals surface area contributed by atoms with Crippen LogP contribution in [-0.4, -0.2) is 25.4 Å². The lowest BCUT2D eigenvalue weighted by Gasteiger charge is -2.19. The Morgan fingerprint density at radius 2 is 1.70 bits per heavy atom. The van der Waals surface area contributed by atoms with Crippen LogP contribution >= 0.6 is 0 Å². The van der Waals surface area contributed by atoms with Gasteiger partial charge in [0.05, 0.1) is 14.2 Å². The van der Waals surface area contributed by atoms with Crippen molar-refractivity contribution in [3.05, 3.63) is 53.6 Å². The van der Waals surface area contributed by atoms with E-state index in [2.05, 4.69) is 18.3 Å². The van der Waals surface area contributed by atoms with Gasteiger partial charge in [-0.2, -0.15) is 0 Å². The summed E-state index contributed by atoms with van der Waals surface area (Å²) in [5.74, 6) is 1.96. The first kappa shape index (κ1) is 17.2. The molecule has 0 saturated carbocycles. The SMILES string of the molecule is CCC(Cc1cc(O)ccc1OC)NCc1ccccc1OC. The molecule has 1 atom stereocenters. The Bertz CT molecular complexity index is 628. The summed E-state index contributed by atoms with van der Waals surface area (Å²) in [6, 6.07) is 13.5. The molecule has 0 saturated heterocycles. The van der Waals surface area contributed by atoms with Crippen molar-refractivity contribution >= 4 is 0 Å². The molecule has 2 rings (SSSR count). The molecule has 0 fully saturated rings. The standard InChI is InChI=1S/C19H25NO3/c1-4-16(11-15-12-17(21)9-10-19(15)23-3)20-13-14-7-5-6-8-18(14)22-2/h5-10,12,16,20-21H,4,11,13H2,1-3H3. The molecule has 0 amide bonds. The number of nitrogens with one attached hydrogen (secondary N) is 1. The van der Waals surface area contributed by atoms with E-state index in [-0.39, 0.29) is 11.8 Å². The summed E-state index contributed by atoms with van der Waals surface area (Å²) in [6.45, 7) is 2.89. The summed E-state index contributed by atoms with van der Waals surface area (Å²) in [4.78, 5) is 0. The van der Waals surface area contributed by atoms with Gasteiger partial charge in [0.1, 0.15) is 17.2 Å². The lowest BCUT2D eigenvalue weighted by Crippen LogP contribution is -2.30. The molecular formula is C19H25NO3. The Morgan fingerprint density at radius 3 is 2.39 bits per heavy atom. The molecule has 4 nitrogen and oxygen atoms in total. The van der Waals surface area contributed by atoms with E-state index in [1.54, 1.807) is 32.4 Å². The molecule has 0 spiro atoms. The van der Waals surface area contributed by atoms with Crippen LogP contribution in [0.4, 0.5) is 0 Å². The first-order valence-electron chi connectivity index (χ1n) is 7.89. The van der Waals surface area contributed by atoms with Crippen molar-refractivity contribution in [1.29, 1.82) is 0 Å². The Hall–Kier alpha value is -2.20. The second-order valence-electron chi connectivity index (χ2n) is 5.50. The van der Waals surface area contributed by atoms with Crippen LogP contribution in [0.2, 0.25) is 0 Å². The zero-order valence-corrected chi connectivity index (χ0v) is 14.0. The minimum absolute atomic E-state index is 0.264. The zero-order chi connectivity index (χ0) is 16.7. The van der Waals surface area contributed by atoms with Crippen molar-refractivity contribution in [3.63, 3.8) is 0 Å². The third-order valence-electron chi connectivity index (χ3n) is 4.00. The van der Waals surface area contributed by atoms with Gasteiger partial charge in [0.15, 0.2) is 0 Å². The Kier molecular flexibility index (Phi) is 6.29. The molecule has 124 valence electrons. The third kappa shape index (κ3) is 4.63. The average molecular weight is 315 g/mol. The number of hydrogen-bond acceptors (Lipinski definition) is 4. The normalized spacial score (nSPS) is 12.0. The quantitative estimate of drug-likeness (QED) is 0.782. The molecule has 0 aliphatic rings. The van der Waals surface area contributed by atoms with Crippen LogP contribution in [0.1, 0.15) is 24.5 Å². The van der Waals surface area contributed by atoms with E-state index in [1.165, 1.54) is 0 Å². The molecule has 0 bridgehead atoms. The number of phenols is 1. The van der Waals surface area contributed by atoms with Crippen LogP contribution in [0, 0.1) is 0 Å². The van der Waals surface area contributed by atoms with Crippen molar-refractivity contribution in [2.45, 2.75) is 32.4 Å². The van der Waals surface area contributed by atoms with E-state index in [1.807, 2.05) is 18.2 Å². The van der Waals surface area contributed by atoms with E-state index in [0.29, 0.717) is 0 Å². The summed E-state index contributed by atoms with van der Waals surface area (Å²) in [6.07, 6.45) is 1.77. The maximum Gasteiger partial charge on any atom is 0.123 e. The highest BCUT2D eigenvalue weighted by Gasteiger charge is 2.12. The van der Waals surface area contributed by atoms with Crippen molar-refractivity contribution in [3.8, 4) is 17.2 Å². The van der Waals surface area contributed by atoms with Gasteiger partial charge in [0.25, 0.3) is 0 Å². The van der Waals surface area contributed by atoms with Crippen molar-refractivity contribution in [2.75, 3.05) is 14.2 Å². The zero-order valence-electron chi connectivity index (χ0n) is 14.0. The van der Waals surface area contributed by atoms with Crippen LogP contribution in [0.3, 0.4) is 0 Å². The monoisotopic (exact) mass is 315 g/mol. The summed E-state index contributed by atoms with van der Waals surface area (Å²) in [7, 11) is 3.34. The second kappa shape index (κ2) is 8.44. The summed E-state index contributed by atoms with van der Waals surface area (Å²) < 4.78 is 10.8. The molecular weight excluding hydrogens is 290 g/mol. The fourth-order valence-electron chi connectivity index (χ4n) is 2.65. The number of hydrogen-bond donors (Lipinski definition) is 2. The lowest BCUT2D eigenvalue weighted by molar-refractivity contribution is 0.395. The van der Waals surface area contributed by atoms with Crippen molar-refractivity contribution < 1.29 is 14.6 Å². The second-order valence-corrected chi connectivity index (χ2v) is 5.50. The van der Waals surface area contributed by atoms with E-state index in [9.17, 15) is 5.11 Å². The minimum atomic E-state index is 0.264. The van der Waals surface area contributed by atoms with Gasteiger partial charge in [-0.05, 0) is 42.7 Å². The average Bonchev–Trinajstić information content (AvgIpc) is 2.59. The molecule has 23 heavy (non-hydrogen) atoms. The molecule has 4 heteroatoms. The van der Waals surface area contributed by atoms with Crippen molar-refractivity contribution in [1.82, 2.24) is 5.32 Å². The minimum Gasteiger partial charge on any atom is -0.508 e. The number of aromatic hydroxyl groups is 1. The van der Waals surface area contributed by atoms with E-state index in [0.717, 1.165) is 42.0 Å². The van der Waals surface area contributed by atoms with Crippen LogP contribution in [0.15, 0.2) is 42.5 Å². The van der Waals surface area contributed by atoms with Gasteiger partial charge in [0.2, 0.25) is 0 Å². The Balaban J connectivity index is 2.05. The fraction of sp³-hybridized carbons (Fsp3) is 0.368. The summed E-state index contributed by atoms with van der Waals surface area (Å²) in [5, 5.41) is 13.3. The number of benzene rings is 2. The van der Waals surface area contributed by atoms with Crippen LogP contribution < -0.4 is 14.8 Å². The number of para-hydroxylation sites is 1.